The van der Waals surface area contributed by atoms with E-state index in [-0.39, 0.29) is 17.3 Å². The van der Waals surface area contributed by atoms with Crippen molar-refractivity contribution in [1.29, 1.82) is 0 Å². The molecule has 20 heavy (non-hydrogen) atoms. The van der Waals surface area contributed by atoms with E-state index in [2.05, 4.69) is 5.32 Å². The third-order valence-corrected chi connectivity index (χ3v) is 2.82. The molecule has 0 aliphatic heterocycles. The van der Waals surface area contributed by atoms with Gasteiger partial charge in [-0.2, -0.15) is 0 Å². The summed E-state index contributed by atoms with van der Waals surface area (Å²) in [6.07, 6.45) is 1.53. The van der Waals surface area contributed by atoms with Gasteiger partial charge < -0.3 is 15.5 Å². The summed E-state index contributed by atoms with van der Waals surface area (Å²) in [7, 11) is 0. The van der Waals surface area contributed by atoms with E-state index >= 15 is 0 Å². The minimum Gasteiger partial charge on any atom is -0.467 e. The predicted octanol–water partition coefficient (Wildman–Crippen LogP) is 2.46. The summed E-state index contributed by atoms with van der Waals surface area (Å²) >= 11 is 0. The molecule has 2 aromatic rings. The minimum atomic E-state index is -0.710. The predicted molar refractivity (Wildman–Crippen MR) is 72.4 cm³/mol. The van der Waals surface area contributed by atoms with Crippen LogP contribution in [0.5, 0.6) is 0 Å². The number of carbonyl (C=O) groups excluding carboxylic acids is 1. The number of nitrogens with two attached hydrogens (primary N) is 1. The smallest absolute Gasteiger partial charge is 0.293 e. The minimum absolute atomic E-state index is 0.0906. The fourth-order valence-corrected chi connectivity index (χ4v) is 1.80. The quantitative estimate of drug-likeness (QED) is 0.643. The molecule has 1 amide bonds. The second-order valence-corrected chi connectivity index (χ2v) is 4.23. The fourth-order valence-electron chi connectivity index (χ4n) is 1.80. The number of primary amides is 1. The largest absolute Gasteiger partial charge is 0.467 e. The number of nitrogens with zero attached hydrogens (tertiary/aromatic N) is 1. The van der Waals surface area contributed by atoms with Gasteiger partial charge in [-0.15, -0.1) is 0 Å². The summed E-state index contributed by atoms with van der Waals surface area (Å²) in [5.41, 5.74) is 5.29. The Bertz CT molecular complexity index is 637. The standard InChI is InChI=1S/C13H13N3O4/c1-8(12-3-2-6-20-12)15-10-5-4-9(13(14)17)7-11(10)16(18)19/h2-8,15H,1H3,(H2,14,17). The number of hydrogen-bond donors (Lipinski definition) is 2. The van der Waals surface area contributed by atoms with Crippen LogP contribution < -0.4 is 11.1 Å². The maximum absolute atomic E-state index is 11.1. The Morgan fingerprint density at radius 1 is 1.45 bits per heavy atom. The Hall–Kier alpha value is -2.83. The molecule has 104 valence electrons. The third kappa shape index (κ3) is 2.77. The Labute approximate surface area is 114 Å². The molecule has 1 unspecified atom stereocenters. The molecule has 1 aromatic carbocycles. The first-order valence-electron chi connectivity index (χ1n) is 5.87. The summed E-state index contributed by atoms with van der Waals surface area (Å²) < 4.78 is 5.22. The van der Waals surface area contributed by atoms with Gasteiger partial charge in [0.1, 0.15) is 11.4 Å². The number of nitro benzene ring substituents is 1. The van der Waals surface area contributed by atoms with Crippen LogP contribution in [0, 0.1) is 10.1 Å². The van der Waals surface area contributed by atoms with Crippen LogP contribution in [0.1, 0.15) is 29.1 Å². The zero-order valence-corrected chi connectivity index (χ0v) is 10.7. The molecule has 0 fully saturated rings. The molecule has 1 heterocycles. The molecule has 7 nitrogen and oxygen atoms in total. The first kappa shape index (κ1) is 13.6. The zero-order valence-electron chi connectivity index (χ0n) is 10.7. The second-order valence-electron chi connectivity index (χ2n) is 4.23. The van der Waals surface area contributed by atoms with Crippen molar-refractivity contribution in [3.8, 4) is 0 Å². The Morgan fingerprint density at radius 2 is 2.20 bits per heavy atom. The molecule has 0 radical (unpaired) electrons. The third-order valence-electron chi connectivity index (χ3n) is 2.82. The summed E-state index contributed by atoms with van der Waals surface area (Å²) in [4.78, 5) is 21.5. The number of nitro groups is 1. The molecular weight excluding hydrogens is 262 g/mol. The van der Waals surface area contributed by atoms with Gasteiger partial charge in [-0.05, 0) is 31.2 Å². The highest BCUT2D eigenvalue weighted by molar-refractivity contribution is 5.94. The molecule has 1 aromatic heterocycles. The molecule has 2 rings (SSSR count). The summed E-state index contributed by atoms with van der Waals surface area (Å²) in [6.45, 7) is 1.81. The van der Waals surface area contributed by atoms with Gasteiger partial charge in [-0.25, -0.2) is 0 Å². The monoisotopic (exact) mass is 275 g/mol. The molecule has 3 N–H and O–H groups in total. The van der Waals surface area contributed by atoms with Gasteiger partial charge in [0.15, 0.2) is 0 Å². The maximum atomic E-state index is 11.1. The van der Waals surface area contributed by atoms with E-state index < -0.39 is 10.8 Å². The lowest BCUT2D eigenvalue weighted by atomic mass is 10.1. The highest BCUT2D eigenvalue weighted by atomic mass is 16.6. The number of anilines is 1. The van der Waals surface area contributed by atoms with Crippen LogP contribution in [0.15, 0.2) is 41.0 Å². The topological polar surface area (TPSA) is 111 Å². The molecule has 0 bridgehead atoms. The van der Waals surface area contributed by atoms with Crippen LogP contribution in [-0.4, -0.2) is 10.8 Å². The second kappa shape index (κ2) is 5.43. The Kier molecular flexibility index (Phi) is 3.69. The van der Waals surface area contributed by atoms with Crippen molar-refractivity contribution >= 4 is 17.3 Å². The van der Waals surface area contributed by atoms with Gasteiger partial charge in [0.2, 0.25) is 5.91 Å². The van der Waals surface area contributed by atoms with Crippen LogP contribution in [-0.2, 0) is 0 Å². The van der Waals surface area contributed by atoms with Gasteiger partial charge in [0, 0.05) is 11.6 Å². The van der Waals surface area contributed by atoms with E-state index in [0.29, 0.717) is 11.4 Å². The number of rotatable bonds is 5. The van der Waals surface area contributed by atoms with Crippen molar-refractivity contribution in [3.05, 3.63) is 58.0 Å². The number of amides is 1. The lowest BCUT2D eigenvalue weighted by Crippen LogP contribution is -2.12. The number of hydrogen-bond acceptors (Lipinski definition) is 5. The van der Waals surface area contributed by atoms with Crippen LogP contribution >= 0.6 is 0 Å². The maximum Gasteiger partial charge on any atom is 0.293 e. The van der Waals surface area contributed by atoms with E-state index in [0.717, 1.165) is 6.07 Å². The molecule has 7 heteroatoms. The normalized spacial score (nSPS) is 11.8. The van der Waals surface area contributed by atoms with Crippen molar-refractivity contribution < 1.29 is 14.1 Å². The molecule has 0 aliphatic carbocycles. The van der Waals surface area contributed by atoms with Gasteiger partial charge in [0.05, 0.1) is 17.2 Å². The molecule has 0 saturated heterocycles. The highest BCUT2D eigenvalue weighted by Crippen LogP contribution is 2.29. The molecule has 0 saturated carbocycles. The Morgan fingerprint density at radius 3 is 2.75 bits per heavy atom. The Balaban J connectivity index is 2.31. The van der Waals surface area contributed by atoms with E-state index in [9.17, 15) is 14.9 Å². The van der Waals surface area contributed by atoms with Gasteiger partial charge in [-0.3, -0.25) is 14.9 Å². The molecule has 0 aliphatic rings. The lowest BCUT2D eigenvalue weighted by Gasteiger charge is -2.13. The number of nitrogens with one attached hydrogen (secondary N) is 1. The first-order chi connectivity index (χ1) is 9.49. The summed E-state index contributed by atoms with van der Waals surface area (Å²) in [5.74, 6) is -0.0583. The van der Waals surface area contributed by atoms with Crippen molar-refractivity contribution in [2.75, 3.05) is 5.32 Å². The summed E-state index contributed by atoms with van der Waals surface area (Å²) in [6, 6.07) is 7.30. The van der Waals surface area contributed by atoms with Crippen LogP contribution in [0.4, 0.5) is 11.4 Å². The average Bonchev–Trinajstić information content (AvgIpc) is 2.92. The van der Waals surface area contributed by atoms with Crippen LogP contribution in [0.2, 0.25) is 0 Å². The van der Waals surface area contributed by atoms with Crippen LogP contribution in [0.25, 0.3) is 0 Å². The molecule has 1 atom stereocenters. The van der Waals surface area contributed by atoms with Crippen molar-refractivity contribution in [2.45, 2.75) is 13.0 Å². The van der Waals surface area contributed by atoms with Crippen molar-refractivity contribution in [3.63, 3.8) is 0 Å². The van der Waals surface area contributed by atoms with Crippen LogP contribution in [0.3, 0.4) is 0 Å². The van der Waals surface area contributed by atoms with E-state index in [1.54, 1.807) is 12.1 Å². The number of furan rings is 1. The number of benzene rings is 1. The van der Waals surface area contributed by atoms with Gasteiger partial charge in [-0.1, -0.05) is 0 Å². The van der Waals surface area contributed by atoms with Crippen molar-refractivity contribution in [2.24, 2.45) is 5.73 Å². The molecule has 0 spiro atoms. The lowest BCUT2D eigenvalue weighted by molar-refractivity contribution is -0.384. The summed E-state index contributed by atoms with van der Waals surface area (Å²) in [5, 5.41) is 14.0. The number of carbonyl (C=O) groups is 1. The van der Waals surface area contributed by atoms with Gasteiger partial charge in [0.25, 0.3) is 5.69 Å². The highest BCUT2D eigenvalue weighted by Gasteiger charge is 2.19. The van der Waals surface area contributed by atoms with Gasteiger partial charge >= 0.3 is 0 Å². The zero-order chi connectivity index (χ0) is 14.7. The van der Waals surface area contributed by atoms with E-state index in [1.807, 2.05) is 6.92 Å². The van der Waals surface area contributed by atoms with Crippen molar-refractivity contribution in [1.82, 2.24) is 0 Å². The molecular formula is C13H13N3O4. The fraction of sp³-hybridized carbons (Fsp3) is 0.154. The average molecular weight is 275 g/mol. The van der Waals surface area contributed by atoms with E-state index in [4.69, 9.17) is 10.2 Å². The first-order valence-corrected chi connectivity index (χ1v) is 5.87. The SMILES string of the molecule is CC(Nc1ccc(C(N)=O)cc1[N+](=O)[O-])c1ccco1. The van der Waals surface area contributed by atoms with E-state index in [1.165, 1.54) is 18.4 Å².